The van der Waals surface area contributed by atoms with Crippen LogP contribution in [0.25, 0.3) is 0 Å². The number of phenols is 1. The monoisotopic (exact) mass is 1260 g/mol. The number of phenolic OH excluding ortho intramolecular Hbond substituents is 1. The fraction of sp³-hybridized carbons (Fsp3) is 0.690. The summed E-state index contributed by atoms with van der Waals surface area (Å²) in [6, 6.07) is -1.23. The van der Waals surface area contributed by atoms with E-state index in [9.17, 15) is 58.2 Å². The lowest BCUT2D eigenvalue weighted by Gasteiger charge is -2.27. The minimum Gasteiger partial charge on any atom is -0.508 e. The Hall–Kier alpha value is -6.99. The number of carboxylic acid groups (broad SMARTS) is 1. The SMILES string of the molecule is CC(C)C[C@@H]1NC(=O)[C@@H](N)CC2=CN(CCCC[C@@H](C(=O)NCCCOCCOCCOCCCNC(=O)CCCC[C@H]3SC[C@H]4NC(=O)N[C@H]43)NC(=O)C(C(C)C)NC(=O)[C@H](CCC(=O)O)NC(=O)CNC(=O)[C@H](Cc3ccc(O)cc3)NC1=O)NN2. The summed E-state index contributed by atoms with van der Waals surface area (Å²) < 4.78 is 16.9. The third-order valence-corrected chi connectivity index (χ3v) is 16.4. The maximum atomic E-state index is 14.1. The number of thioether (sulfide) groups is 1. The zero-order valence-corrected chi connectivity index (χ0v) is 51.9. The maximum Gasteiger partial charge on any atom is 0.315 e. The molecule has 30 heteroatoms. The molecule has 5 rings (SSSR count). The van der Waals surface area contributed by atoms with Crippen LogP contribution in [0.3, 0.4) is 0 Å². The summed E-state index contributed by atoms with van der Waals surface area (Å²) in [7, 11) is 0. The number of nitrogens with one attached hydrogen (secondary N) is 12. The molecule has 492 valence electrons. The van der Waals surface area contributed by atoms with Crippen LogP contribution in [0.2, 0.25) is 0 Å². The molecule has 0 aromatic heterocycles. The molecular weight excluding hydrogens is 1160 g/mol. The van der Waals surface area contributed by atoms with Crippen LogP contribution in [0.15, 0.2) is 36.2 Å². The van der Waals surface area contributed by atoms with Gasteiger partial charge in [0.15, 0.2) is 0 Å². The number of ether oxygens (including phenoxy) is 3. The topological polar surface area (TPSA) is 412 Å². The Morgan fingerprint density at radius 3 is 2.07 bits per heavy atom. The largest absolute Gasteiger partial charge is 0.508 e. The molecule has 0 spiro atoms. The highest BCUT2D eigenvalue weighted by atomic mass is 32.2. The van der Waals surface area contributed by atoms with E-state index >= 15 is 0 Å². The van der Waals surface area contributed by atoms with Gasteiger partial charge in [-0.2, -0.15) is 11.8 Å². The fourth-order valence-electron chi connectivity index (χ4n) is 10.1. The molecule has 1 unspecified atom stereocenters. The third kappa shape index (κ3) is 26.4. The molecular formula is C58H94N14O15S. The predicted octanol–water partition coefficient (Wildman–Crippen LogP) is -1.10. The van der Waals surface area contributed by atoms with E-state index in [0.717, 1.165) is 25.0 Å². The number of nitrogens with zero attached hydrogens (tertiary/aromatic N) is 1. The Balaban J connectivity index is 1.11. The van der Waals surface area contributed by atoms with Crippen molar-refractivity contribution in [2.24, 2.45) is 17.6 Å². The van der Waals surface area contributed by atoms with Gasteiger partial charge in [0.05, 0.1) is 51.1 Å². The number of carboxylic acids is 1. The van der Waals surface area contributed by atoms with Gasteiger partial charge in [-0.1, -0.05) is 46.2 Å². The van der Waals surface area contributed by atoms with E-state index in [0.29, 0.717) is 101 Å². The van der Waals surface area contributed by atoms with Crippen LogP contribution >= 0.6 is 11.8 Å². The number of carbonyl (C=O) groups is 10. The number of urea groups is 1. The number of amides is 10. The molecule has 2 saturated heterocycles. The Bertz CT molecular complexity index is 2500. The van der Waals surface area contributed by atoms with Gasteiger partial charge in [-0.3, -0.25) is 48.2 Å². The Kier molecular flexibility index (Phi) is 31.3. The second-order valence-electron chi connectivity index (χ2n) is 23.1. The second kappa shape index (κ2) is 38.4. The van der Waals surface area contributed by atoms with E-state index in [1.54, 1.807) is 37.2 Å². The fourth-order valence-corrected chi connectivity index (χ4v) is 11.7. The van der Waals surface area contributed by atoms with Crippen molar-refractivity contribution in [1.29, 1.82) is 0 Å². The zero-order valence-electron chi connectivity index (χ0n) is 51.0. The first-order valence-corrected chi connectivity index (χ1v) is 31.7. The summed E-state index contributed by atoms with van der Waals surface area (Å²) in [6.07, 6.45) is 6.27. The van der Waals surface area contributed by atoms with Gasteiger partial charge in [-0.15, -0.1) is 5.53 Å². The highest BCUT2D eigenvalue weighted by Gasteiger charge is 2.42. The zero-order chi connectivity index (χ0) is 64.0. The van der Waals surface area contributed by atoms with Crippen molar-refractivity contribution >= 4 is 71.0 Å². The van der Waals surface area contributed by atoms with E-state index in [1.165, 1.54) is 12.1 Å². The predicted molar refractivity (Wildman–Crippen MR) is 325 cm³/mol. The van der Waals surface area contributed by atoms with Gasteiger partial charge in [0.2, 0.25) is 47.3 Å². The summed E-state index contributed by atoms with van der Waals surface area (Å²) in [5.41, 5.74) is 13.5. The molecule has 4 heterocycles. The average Bonchev–Trinajstić information content (AvgIpc) is 2.11. The van der Waals surface area contributed by atoms with E-state index < -0.39 is 109 Å². The Morgan fingerprint density at radius 2 is 1.39 bits per heavy atom. The van der Waals surface area contributed by atoms with Crippen LogP contribution in [0.4, 0.5) is 4.79 Å². The number of nitrogens with two attached hydrogens (primary N) is 1. The standard InChI is InChI=1S/C58H94N14O15S/c1-35(2)29-43-56(82)66-44(30-37-14-16-39(73)17-15-37)54(80)62-32-48(75)63-42(18-19-49(76)77)55(81)68-50(36(3)4)57(83)64-41(11-7-8-22-72-33-38(70-71-72)31-40(59)52(78)65-43)53(79)61-21-10-24-86-26-28-87-27-25-85-23-9-20-60-47(74)13-6-5-12-46-51-45(34-88-46)67-58(84)69-51/h14-17,33,35-36,40-46,50-51,70-71,73H,5-13,18-32,34,59H2,1-4H3,(H,60,74)(H,61,79)(H,62,80)(H,63,75)(H,64,83)(H,65,78)(H,66,82)(H,68,81)(H,76,77)(H2,67,69,84)/t40-,41-,42-,43-,44-,45+,46+,50?,51+/m0/s1. The van der Waals surface area contributed by atoms with Gasteiger partial charge >= 0.3 is 12.0 Å². The number of unbranched alkanes of at least 4 members (excludes halogenated alkanes) is 1. The highest BCUT2D eigenvalue weighted by molar-refractivity contribution is 8.00. The summed E-state index contributed by atoms with van der Waals surface area (Å²) >= 11 is 1.87. The van der Waals surface area contributed by atoms with Crippen molar-refractivity contribution in [3.63, 3.8) is 0 Å². The lowest BCUT2D eigenvalue weighted by molar-refractivity contribution is -0.138. The summed E-state index contributed by atoms with van der Waals surface area (Å²) in [5.74, 6) is -6.20. The number of carbonyl (C=O) groups excluding carboxylic acids is 9. The van der Waals surface area contributed by atoms with E-state index in [4.69, 9.17) is 19.9 Å². The summed E-state index contributed by atoms with van der Waals surface area (Å²) in [5, 5.41) is 49.1. The van der Waals surface area contributed by atoms with E-state index in [-0.39, 0.29) is 67.9 Å². The normalized spacial score (nSPS) is 24.5. The molecule has 0 saturated carbocycles. The Labute approximate surface area is 518 Å². The van der Waals surface area contributed by atoms with Gasteiger partial charge < -0.3 is 88.8 Å². The average molecular weight is 1260 g/mol. The molecule has 9 atom stereocenters. The van der Waals surface area contributed by atoms with Crippen LogP contribution in [-0.2, 0) is 63.8 Å². The van der Waals surface area contributed by atoms with Gasteiger partial charge in [0.1, 0.15) is 36.0 Å². The first kappa shape index (κ1) is 71.8. The van der Waals surface area contributed by atoms with E-state index in [2.05, 4.69) is 64.1 Å². The second-order valence-corrected chi connectivity index (χ2v) is 24.4. The molecule has 1 aromatic carbocycles. The summed E-state index contributed by atoms with van der Waals surface area (Å²) in [4.78, 5) is 132. The number of benzene rings is 1. The van der Waals surface area contributed by atoms with Crippen molar-refractivity contribution < 1.29 is 72.4 Å². The van der Waals surface area contributed by atoms with Gasteiger partial charge in [-0.25, -0.2) is 4.79 Å². The molecule has 16 N–H and O–H groups in total. The number of aromatic hydroxyl groups is 1. The van der Waals surface area contributed by atoms with Crippen LogP contribution in [0.5, 0.6) is 5.75 Å². The van der Waals surface area contributed by atoms with Crippen LogP contribution in [-0.4, -0.2) is 200 Å². The molecule has 4 aliphatic rings. The van der Waals surface area contributed by atoms with Gasteiger partial charge in [0.25, 0.3) is 0 Å². The van der Waals surface area contributed by atoms with Crippen LogP contribution in [0.1, 0.15) is 117 Å². The number of aliphatic carboxylic acids is 1. The molecule has 10 amide bonds. The van der Waals surface area contributed by atoms with Gasteiger partial charge in [-0.05, 0) is 87.3 Å². The van der Waals surface area contributed by atoms with Crippen molar-refractivity contribution in [2.75, 3.05) is 71.6 Å². The Morgan fingerprint density at radius 1 is 0.716 bits per heavy atom. The van der Waals surface area contributed by atoms with Crippen molar-refractivity contribution in [1.82, 2.24) is 69.1 Å². The van der Waals surface area contributed by atoms with Gasteiger partial charge in [0, 0.05) is 81.4 Å². The van der Waals surface area contributed by atoms with Crippen molar-refractivity contribution in [2.45, 2.75) is 171 Å². The quantitative estimate of drug-likeness (QED) is 0.0350. The lowest BCUT2D eigenvalue weighted by Crippen LogP contribution is -2.59. The number of rotatable bonds is 28. The first-order chi connectivity index (χ1) is 42.1. The molecule has 0 aliphatic carbocycles. The molecule has 0 radical (unpaired) electrons. The molecule has 4 aliphatic heterocycles. The summed E-state index contributed by atoms with van der Waals surface area (Å²) in [6.45, 7) is 9.56. The van der Waals surface area contributed by atoms with E-state index in [1.807, 2.05) is 25.6 Å². The molecule has 2 fully saturated rings. The highest BCUT2D eigenvalue weighted by Crippen LogP contribution is 2.33. The molecule has 1 aromatic rings. The van der Waals surface area contributed by atoms with Crippen LogP contribution < -0.4 is 69.9 Å². The van der Waals surface area contributed by atoms with Crippen LogP contribution in [0, 0.1) is 11.8 Å². The molecule has 29 nitrogen and oxygen atoms in total. The lowest BCUT2D eigenvalue weighted by atomic mass is 10.0. The molecule has 88 heavy (non-hydrogen) atoms. The third-order valence-electron chi connectivity index (χ3n) is 14.9. The number of hydrazine groups is 2. The minimum atomic E-state index is -1.50. The van der Waals surface area contributed by atoms with Crippen molar-refractivity contribution in [3.8, 4) is 5.75 Å². The molecule has 2 bridgehead atoms. The first-order valence-electron chi connectivity index (χ1n) is 30.6. The number of fused-ring (bicyclic) bond motifs is 2. The minimum absolute atomic E-state index is 0.0147. The van der Waals surface area contributed by atoms with Crippen molar-refractivity contribution in [3.05, 3.63) is 41.7 Å². The maximum absolute atomic E-state index is 14.1. The smallest absolute Gasteiger partial charge is 0.315 e. The number of hydrogen-bond acceptors (Lipinski definition) is 19. The number of hydrogen-bond donors (Lipinski definition) is 15.